The quantitative estimate of drug-likeness (QED) is 0.465. The summed E-state index contributed by atoms with van der Waals surface area (Å²) < 4.78 is 48.4. The van der Waals surface area contributed by atoms with Gasteiger partial charge >= 0.3 is 18.1 Å². The fourth-order valence-corrected chi connectivity index (χ4v) is 1.49. The summed E-state index contributed by atoms with van der Waals surface area (Å²) in [5.74, 6) is -1.58. The minimum atomic E-state index is -4.64. The zero-order valence-corrected chi connectivity index (χ0v) is 14.5. The molecule has 1 atom stereocenters. The van der Waals surface area contributed by atoms with Crippen LogP contribution in [0.5, 0.6) is 0 Å². The van der Waals surface area contributed by atoms with E-state index >= 15 is 0 Å². The molecule has 0 fully saturated rings. The van der Waals surface area contributed by atoms with Gasteiger partial charge in [0.15, 0.2) is 5.41 Å². The van der Waals surface area contributed by atoms with Crippen molar-refractivity contribution >= 4 is 11.9 Å². The minimum Gasteiger partial charge on any atom is -0.465 e. The van der Waals surface area contributed by atoms with Crippen LogP contribution in [0, 0.1) is 10.8 Å². The molecule has 0 saturated heterocycles. The molecule has 0 aliphatic rings. The van der Waals surface area contributed by atoms with E-state index in [1.807, 2.05) is 6.92 Å². The number of unbranched alkanes of at least 4 members (excludes halogenated alkanes) is 1. The molecule has 0 heterocycles. The average molecular weight is 340 g/mol. The lowest BCUT2D eigenvalue weighted by molar-refractivity contribution is -0.230. The van der Waals surface area contributed by atoms with E-state index in [0.29, 0.717) is 19.3 Å². The number of hydrogen-bond acceptors (Lipinski definition) is 4. The number of halogens is 3. The van der Waals surface area contributed by atoms with E-state index in [1.54, 1.807) is 13.8 Å². The smallest absolute Gasteiger partial charge is 0.404 e. The largest absolute Gasteiger partial charge is 0.465 e. The Labute approximate surface area is 135 Å². The molecule has 0 aliphatic carbocycles. The zero-order valence-electron chi connectivity index (χ0n) is 14.5. The van der Waals surface area contributed by atoms with E-state index in [9.17, 15) is 22.8 Å². The Morgan fingerprint density at radius 1 is 0.826 bits per heavy atom. The highest BCUT2D eigenvalue weighted by molar-refractivity contribution is 5.77. The van der Waals surface area contributed by atoms with Crippen LogP contribution in [-0.2, 0) is 19.1 Å². The molecule has 7 heteroatoms. The molecule has 0 rings (SSSR count). The van der Waals surface area contributed by atoms with Crippen LogP contribution in [-0.4, -0.2) is 31.3 Å². The second-order valence-corrected chi connectivity index (χ2v) is 6.40. The minimum absolute atomic E-state index is 0.126. The lowest BCUT2D eigenvalue weighted by atomic mass is 9.87. The lowest BCUT2D eigenvalue weighted by Crippen LogP contribution is -2.43. The van der Waals surface area contributed by atoms with Crippen molar-refractivity contribution in [3.05, 3.63) is 0 Å². The van der Waals surface area contributed by atoms with E-state index in [4.69, 9.17) is 9.47 Å². The molecule has 1 unspecified atom stereocenters. The third-order valence-corrected chi connectivity index (χ3v) is 4.22. The summed E-state index contributed by atoms with van der Waals surface area (Å²) in [6.07, 6.45) is -3.60. The van der Waals surface area contributed by atoms with Crippen LogP contribution < -0.4 is 0 Å². The molecule has 0 aromatic rings. The van der Waals surface area contributed by atoms with Crippen molar-refractivity contribution in [3.8, 4) is 0 Å². The third-order valence-electron chi connectivity index (χ3n) is 4.22. The fourth-order valence-electron chi connectivity index (χ4n) is 1.49. The third kappa shape index (κ3) is 6.03. The second kappa shape index (κ2) is 8.55. The highest BCUT2D eigenvalue weighted by Crippen LogP contribution is 2.41. The number of carbonyl (C=O) groups excluding carboxylic acids is 2. The predicted molar refractivity (Wildman–Crippen MR) is 79.7 cm³/mol. The van der Waals surface area contributed by atoms with Gasteiger partial charge in [0.2, 0.25) is 0 Å². The lowest BCUT2D eigenvalue weighted by Gasteiger charge is -2.28. The van der Waals surface area contributed by atoms with E-state index in [-0.39, 0.29) is 25.6 Å². The first-order valence-corrected chi connectivity index (χ1v) is 7.83. The van der Waals surface area contributed by atoms with Crippen LogP contribution in [0.4, 0.5) is 13.2 Å². The number of alkyl halides is 3. The summed E-state index contributed by atoms with van der Waals surface area (Å²) in [4.78, 5) is 23.3. The Morgan fingerprint density at radius 2 is 1.26 bits per heavy atom. The number of ether oxygens (including phenoxy) is 2. The molecule has 0 radical (unpaired) electrons. The van der Waals surface area contributed by atoms with Gasteiger partial charge in [-0.3, -0.25) is 9.59 Å². The number of carbonyl (C=O) groups is 2. The van der Waals surface area contributed by atoms with Gasteiger partial charge in [-0.15, -0.1) is 0 Å². The fraction of sp³-hybridized carbons (Fsp3) is 0.875. The van der Waals surface area contributed by atoms with Crippen molar-refractivity contribution in [1.29, 1.82) is 0 Å². The Balaban J connectivity index is 4.10. The molecule has 0 bridgehead atoms. The van der Waals surface area contributed by atoms with Crippen LogP contribution in [0.2, 0.25) is 0 Å². The van der Waals surface area contributed by atoms with Crippen LogP contribution in [0.1, 0.15) is 60.3 Å². The monoisotopic (exact) mass is 340 g/mol. The first-order chi connectivity index (χ1) is 10.4. The molecular weight excluding hydrogens is 313 g/mol. The normalized spacial score (nSPS) is 15.0. The van der Waals surface area contributed by atoms with Gasteiger partial charge in [-0.2, -0.15) is 13.2 Å². The zero-order chi connectivity index (χ0) is 18.3. The Bertz CT molecular complexity index is 405. The summed E-state index contributed by atoms with van der Waals surface area (Å²) in [7, 11) is 0. The van der Waals surface area contributed by atoms with Gasteiger partial charge in [0.1, 0.15) is 0 Å². The summed E-state index contributed by atoms with van der Waals surface area (Å²) in [5, 5.41) is 0. The van der Waals surface area contributed by atoms with E-state index < -0.39 is 23.0 Å². The Hall–Kier alpha value is -1.27. The standard InChI is InChI=1S/C16H27F3O4/c1-6-14(3,4)12(20)22-10-8-9-11-23-13(21)15(5,7-2)16(17,18)19/h6-11H2,1-5H3. The average Bonchev–Trinajstić information content (AvgIpc) is 2.47. The molecule has 0 aromatic heterocycles. The molecular formula is C16H27F3O4. The van der Waals surface area contributed by atoms with Crippen LogP contribution in [0.15, 0.2) is 0 Å². The maximum absolute atomic E-state index is 12.9. The van der Waals surface area contributed by atoms with E-state index in [1.165, 1.54) is 6.92 Å². The van der Waals surface area contributed by atoms with Gasteiger partial charge in [-0.25, -0.2) is 0 Å². The van der Waals surface area contributed by atoms with Gasteiger partial charge in [-0.1, -0.05) is 13.8 Å². The van der Waals surface area contributed by atoms with Crippen LogP contribution >= 0.6 is 0 Å². The van der Waals surface area contributed by atoms with Crippen molar-refractivity contribution in [2.45, 2.75) is 66.5 Å². The van der Waals surface area contributed by atoms with Crippen LogP contribution in [0.25, 0.3) is 0 Å². The van der Waals surface area contributed by atoms with Crippen molar-refractivity contribution in [1.82, 2.24) is 0 Å². The molecule has 0 aromatic carbocycles. The molecule has 0 amide bonds. The molecule has 0 saturated carbocycles. The Morgan fingerprint density at radius 3 is 1.61 bits per heavy atom. The van der Waals surface area contributed by atoms with Crippen molar-refractivity contribution < 1.29 is 32.2 Å². The summed E-state index contributed by atoms with van der Waals surface area (Å²) in [5.41, 5.74) is -3.03. The molecule has 0 N–H and O–H groups in total. The molecule has 23 heavy (non-hydrogen) atoms. The van der Waals surface area contributed by atoms with Gasteiger partial charge in [0.05, 0.1) is 18.6 Å². The molecule has 136 valence electrons. The van der Waals surface area contributed by atoms with Crippen molar-refractivity contribution in [2.75, 3.05) is 13.2 Å². The highest BCUT2D eigenvalue weighted by Gasteiger charge is 2.56. The topological polar surface area (TPSA) is 52.6 Å². The van der Waals surface area contributed by atoms with Crippen molar-refractivity contribution in [3.63, 3.8) is 0 Å². The predicted octanol–water partition coefficient (Wildman–Crippen LogP) is 4.27. The number of hydrogen-bond donors (Lipinski definition) is 0. The Kier molecular flexibility index (Phi) is 8.07. The summed E-state index contributed by atoms with van der Waals surface area (Å²) in [6, 6.07) is 0. The number of rotatable bonds is 9. The van der Waals surface area contributed by atoms with E-state index in [2.05, 4.69) is 0 Å². The van der Waals surface area contributed by atoms with Gasteiger partial charge in [0.25, 0.3) is 0 Å². The van der Waals surface area contributed by atoms with Gasteiger partial charge in [-0.05, 0) is 46.5 Å². The molecule has 0 spiro atoms. The number of esters is 2. The van der Waals surface area contributed by atoms with E-state index in [0.717, 1.165) is 6.92 Å². The second-order valence-electron chi connectivity index (χ2n) is 6.40. The first-order valence-electron chi connectivity index (χ1n) is 7.83. The van der Waals surface area contributed by atoms with Gasteiger partial charge in [0, 0.05) is 0 Å². The van der Waals surface area contributed by atoms with Crippen molar-refractivity contribution in [2.24, 2.45) is 10.8 Å². The maximum atomic E-state index is 12.9. The molecule has 0 aliphatic heterocycles. The maximum Gasteiger partial charge on any atom is 0.404 e. The summed E-state index contributed by atoms with van der Waals surface area (Å²) >= 11 is 0. The van der Waals surface area contributed by atoms with Gasteiger partial charge < -0.3 is 9.47 Å². The SMILES string of the molecule is CCC(C)(C)C(=O)OCCCCOC(=O)C(C)(CC)C(F)(F)F. The highest BCUT2D eigenvalue weighted by atomic mass is 19.4. The summed E-state index contributed by atoms with van der Waals surface area (Å²) in [6.45, 7) is 7.60. The molecule has 4 nitrogen and oxygen atoms in total. The first kappa shape index (κ1) is 21.7. The van der Waals surface area contributed by atoms with Crippen LogP contribution in [0.3, 0.4) is 0 Å².